The molecule has 7 heteroatoms. The zero-order chi connectivity index (χ0) is 9.97. The Morgan fingerprint density at radius 1 is 1.21 bits per heavy atom. The summed E-state index contributed by atoms with van der Waals surface area (Å²) < 4.78 is 7.87. The lowest BCUT2D eigenvalue weighted by Gasteiger charge is -1.96. The Morgan fingerprint density at radius 3 is 2.64 bits per heavy atom. The first kappa shape index (κ1) is 10.2. The minimum absolute atomic E-state index is 0.414. The van der Waals surface area contributed by atoms with Gasteiger partial charge in [-0.1, -0.05) is 23.2 Å². The zero-order valence-electron chi connectivity index (χ0n) is 6.65. The van der Waals surface area contributed by atoms with Crippen molar-refractivity contribution in [3.8, 4) is 0 Å². The summed E-state index contributed by atoms with van der Waals surface area (Å²) >= 11 is 13.9. The van der Waals surface area contributed by atoms with Crippen LogP contribution in [-0.4, -0.2) is 13.7 Å². The van der Waals surface area contributed by atoms with Gasteiger partial charge >= 0.3 is 0 Å². The molecule has 0 spiro atoms. The molecule has 0 saturated carbocycles. The maximum absolute atomic E-state index is 5.78. The molecule has 2 aromatic rings. The van der Waals surface area contributed by atoms with Crippen molar-refractivity contribution in [1.29, 1.82) is 0 Å². The third-order valence-corrected chi connectivity index (χ3v) is 3.59. The summed E-state index contributed by atoms with van der Waals surface area (Å²) in [6.07, 6.45) is 1.58. The second kappa shape index (κ2) is 4.44. The van der Waals surface area contributed by atoms with E-state index in [4.69, 9.17) is 23.2 Å². The quantitative estimate of drug-likeness (QED) is 0.833. The Morgan fingerprint density at radius 2 is 2.07 bits per heavy atom. The van der Waals surface area contributed by atoms with Gasteiger partial charge in [0.05, 0.1) is 16.8 Å². The number of hydrogen-bond acceptors (Lipinski definition) is 5. The van der Waals surface area contributed by atoms with Crippen LogP contribution in [0.5, 0.6) is 0 Å². The monoisotopic (exact) mass is 263 g/mol. The summed E-state index contributed by atoms with van der Waals surface area (Å²) in [6.45, 7) is 0. The molecule has 14 heavy (non-hydrogen) atoms. The fourth-order valence-corrected chi connectivity index (χ4v) is 2.40. The Bertz CT molecular complexity index is 429. The van der Waals surface area contributed by atoms with Crippen molar-refractivity contribution >= 4 is 46.7 Å². The molecule has 2 rings (SSSR count). The van der Waals surface area contributed by atoms with Gasteiger partial charge in [0.2, 0.25) is 0 Å². The molecule has 0 N–H and O–H groups in total. The van der Waals surface area contributed by atoms with Crippen molar-refractivity contribution < 1.29 is 0 Å². The lowest BCUT2D eigenvalue weighted by atomic mass is 10.5. The van der Waals surface area contributed by atoms with Crippen LogP contribution >= 0.6 is 46.7 Å². The maximum atomic E-state index is 5.78. The molecule has 0 atom stereocenters. The molecule has 0 amide bonds. The fraction of sp³-hybridized carbons (Fsp3) is 0. The van der Waals surface area contributed by atoms with Crippen LogP contribution in [-0.2, 0) is 0 Å². The molecule has 0 aliphatic rings. The first-order valence-corrected chi connectivity index (χ1v) is 5.83. The minimum Gasteiger partial charge on any atom is -0.248 e. The van der Waals surface area contributed by atoms with Crippen molar-refractivity contribution in [3.05, 3.63) is 28.5 Å². The van der Waals surface area contributed by atoms with E-state index in [0.717, 1.165) is 16.8 Å². The van der Waals surface area contributed by atoms with E-state index in [9.17, 15) is 0 Å². The standard InChI is InChI=1S/C7H3Cl2N3S2/c8-4-1-2-5(10-3-4)13-7-6(9)11-14-12-7/h1-3H. The predicted molar refractivity (Wildman–Crippen MR) is 58.3 cm³/mol. The second-order valence-electron chi connectivity index (χ2n) is 2.28. The molecule has 0 radical (unpaired) electrons. The van der Waals surface area contributed by atoms with Crippen molar-refractivity contribution in [2.45, 2.75) is 10.1 Å². The third-order valence-electron chi connectivity index (χ3n) is 1.32. The van der Waals surface area contributed by atoms with E-state index in [2.05, 4.69) is 13.7 Å². The highest BCUT2D eigenvalue weighted by atomic mass is 35.5. The van der Waals surface area contributed by atoms with Crippen LogP contribution in [0, 0.1) is 0 Å². The van der Waals surface area contributed by atoms with Crippen LogP contribution in [0.15, 0.2) is 28.4 Å². The van der Waals surface area contributed by atoms with Gasteiger partial charge < -0.3 is 0 Å². The van der Waals surface area contributed by atoms with Gasteiger partial charge in [-0.2, -0.15) is 8.75 Å². The molecule has 2 heterocycles. The van der Waals surface area contributed by atoms with Gasteiger partial charge in [0.1, 0.15) is 5.03 Å². The topological polar surface area (TPSA) is 38.7 Å². The van der Waals surface area contributed by atoms with Crippen LogP contribution in [0.3, 0.4) is 0 Å². The lowest BCUT2D eigenvalue weighted by molar-refractivity contribution is 1.12. The molecular weight excluding hydrogens is 261 g/mol. The number of aromatic nitrogens is 3. The third kappa shape index (κ3) is 2.36. The van der Waals surface area contributed by atoms with Gasteiger partial charge in [0, 0.05) is 6.20 Å². The molecule has 0 aliphatic carbocycles. The van der Waals surface area contributed by atoms with Crippen LogP contribution < -0.4 is 0 Å². The highest BCUT2D eigenvalue weighted by Gasteiger charge is 2.07. The summed E-state index contributed by atoms with van der Waals surface area (Å²) in [4.78, 5) is 4.10. The molecule has 0 fully saturated rings. The summed E-state index contributed by atoms with van der Waals surface area (Å²) in [5.74, 6) is 0. The molecule has 0 aromatic carbocycles. The number of halogens is 2. The van der Waals surface area contributed by atoms with Gasteiger partial charge in [0.15, 0.2) is 10.2 Å². The maximum Gasteiger partial charge on any atom is 0.177 e. The van der Waals surface area contributed by atoms with Crippen molar-refractivity contribution in [3.63, 3.8) is 0 Å². The number of rotatable bonds is 2. The van der Waals surface area contributed by atoms with Crippen LogP contribution in [0.4, 0.5) is 0 Å². The van der Waals surface area contributed by atoms with Gasteiger partial charge in [-0.15, -0.1) is 0 Å². The second-order valence-corrected chi connectivity index (χ2v) is 4.61. The average Bonchev–Trinajstić information content (AvgIpc) is 2.56. The minimum atomic E-state index is 0.414. The van der Waals surface area contributed by atoms with Gasteiger partial charge in [-0.05, 0) is 23.9 Å². The molecule has 0 bridgehead atoms. The van der Waals surface area contributed by atoms with Crippen molar-refractivity contribution in [2.75, 3.05) is 0 Å². The lowest BCUT2D eigenvalue weighted by Crippen LogP contribution is -1.79. The van der Waals surface area contributed by atoms with Crippen LogP contribution in [0.1, 0.15) is 0 Å². The smallest absolute Gasteiger partial charge is 0.177 e. The Kier molecular flexibility index (Phi) is 3.22. The van der Waals surface area contributed by atoms with E-state index in [0.29, 0.717) is 15.2 Å². The SMILES string of the molecule is Clc1ccc(Sc2nsnc2Cl)nc1. The first-order valence-electron chi connectivity index (χ1n) is 3.53. The van der Waals surface area contributed by atoms with Crippen molar-refractivity contribution in [1.82, 2.24) is 13.7 Å². The Labute approximate surface area is 98.8 Å². The normalized spacial score (nSPS) is 10.4. The molecule has 2 aromatic heterocycles. The van der Waals surface area contributed by atoms with Crippen LogP contribution in [0.25, 0.3) is 0 Å². The zero-order valence-corrected chi connectivity index (χ0v) is 9.79. The van der Waals surface area contributed by atoms with E-state index in [1.54, 1.807) is 12.3 Å². The fourth-order valence-electron chi connectivity index (χ4n) is 0.752. The molecule has 0 saturated heterocycles. The number of pyridine rings is 1. The van der Waals surface area contributed by atoms with E-state index in [1.165, 1.54) is 11.8 Å². The highest BCUT2D eigenvalue weighted by molar-refractivity contribution is 7.99. The molecule has 0 aliphatic heterocycles. The van der Waals surface area contributed by atoms with Gasteiger partial charge in [-0.3, -0.25) is 0 Å². The van der Waals surface area contributed by atoms with Gasteiger partial charge in [0.25, 0.3) is 0 Å². The Hall–Kier alpha value is -0.360. The van der Waals surface area contributed by atoms with Gasteiger partial charge in [-0.25, -0.2) is 4.98 Å². The van der Waals surface area contributed by atoms with Crippen molar-refractivity contribution in [2.24, 2.45) is 0 Å². The summed E-state index contributed by atoms with van der Waals surface area (Å²) in [5.41, 5.74) is 0. The summed E-state index contributed by atoms with van der Waals surface area (Å²) in [6, 6.07) is 3.58. The molecule has 3 nitrogen and oxygen atoms in total. The molecule has 0 unspecified atom stereocenters. The largest absolute Gasteiger partial charge is 0.248 e. The summed E-state index contributed by atoms with van der Waals surface area (Å²) in [7, 11) is 0. The first-order chi connectivity index (χ1) is 6.75. The number of hydrogen-bond donors (Lipinski definition) is 0. The van der Waals surface area contributed by atoms with E-state index in [1.807, 2.05) is 6.07 Å². The highest BCUT2D eigenvalue weighted by Crippen LogP contribution is 2.30. The molecular formula is C7H3Cl2N3S2. The predicted octanol–water partition coefficient (Wildman–Crippen LogP) is 3.39. The van der Waals surface area contributed by atoms with E-state index < -0.39 is 0 Å². The van der Waals surface area contributed by atoms with E-state index in [-0.39, 0.29) is 0 Å². The summed E-state index contributed by atoms with van der Waals surface area (Å²) in [5, 5.41) is 2.49. The van der Waals surface area contributed by atoms with E-state index >= 15 is 0 Å². The van der Waals surface area contributed by atoms with Crippen LogP contribution in [0.2, 0.25) is 10.2 Å². The number of nitrogens with zero attached hydrogens (tertiary/aromatic N) is 3. The molecule has 72 valence electrons. The Balaban J connectivity index is 2.19. The average molecular weight is 264 g/mol.